The summed E-state index contributed by atoms with van der Waals surface area (Å²) >= 11 is 0. The highest BCUT2D eigenvalue weighted by molar-refractivity contribution is 5.68. The normalized spacial score (nSPS) is 19.0. The molecule has 22 heavy (non-hydrogen) atoms. The van der Waals surface area contributed by atoms with Gasteiger partial charge in [0, 0.05) is 31.4 Å². The summed E-state index contributed by atoms with van der Waals surface area (Å²) in [5.41, 5.74) is 0.678. The van der Waals surface area contributed by atoms with E-state index >= 15 is 0 Å². The van der Waals surface area contributed by atoms with Gasteiger partial charge in [0.2, 0.25) is 0 Å². The summed E-state index contributed by atoms with van der Waals surface area (Å²) in [5, 5.41) is 0. The lowest BCUT2D eigenvalue weighted by Gasteiger charge is -2.34. The predicted molar refractivity (Wildman–Crippen MR) is 84.4 cm³/mol. The van der Waals surface area contributed by atoms with Crippen molar-refractivity contribution in [2.75, 3.05) is 19.7 Å². The van der Waals surface area contributed by atoms with E-state index in [1.54, 1.807) is 17.3 Å². The minimum Gasteiger partial charge on any atom is -0.444 e. The first-order valence-electron chi connectivity index (χ1n) is 7.88. The molecule has 1 aromatic heterocycles. The fourth-order valence-electron chi connectivity index (χ4n) is 2.52. The second-order valence-electron chi connectivity index (χ2n) is 6.81. The smallest absolute Gasteiger partial charge is 0.410 e. The first-order valence-corrected chi connectivity index (χ1v) is 7.88. The third-order valence-corrected chi connectivity index (χ3v) is 3.54. The number of amides is 1. The molecule has 0 spiro atoms. The molecule has 0 saturated carbocycles. The maximum absolute atomic E-state index is 12.1. The van der Waals surface area contributed by atoms with Crippen molar-refractivity contribution < 1.29 is 14.3 Å². The quantitative estimate of drug-likeness (QED) is 0.857. The van der Waals surface area contributed by atoms with Crippen molar-refractivity contribution in [3.8, 4) is 0 Å². The number of carbonyl (C=O) groups excluding carboxylic acids is 1. The number of nitrogens with zero attached hydrogens (tertiary/aromatic N) is 2. The van der Waals surface area contributed by atoms with Gasteiger partial charge in [-0.15, -0.1) is 0 Å². The van der Waals surface area contributed by atoms with Crippen LogP contribution in [0.15, 0.2) is 24.5 Å². The Balaban J connectivity index is 1.75. The molecule has 5 heteroatoms. The summed E-state index contributed by atoms with van der Waals surface area (Å²) in [6, 6.07) is 3.90. The molecule has 1 fully saturated rings. The summed E-state index contributed by atoms with van der Waals surface area (Å²) in [6.45, 7) is 8.42. The van der Waals surface area contributed by atoms with E-state index in [1.165, 1.54) is 0 Å². The van der Waals surface area contributed by atoms with Gasteiger partial charge in [-0.3, -0.25) is 4.98 Å². The number of likely N-dealkylation sites (tertiary alicyclic amines) is 1. The first-order chi connectivity index (χ1) is 10.4. The highest BCUT2D eigenvalue weighted by Crippen LogP contribution is 2.20. The predicted octanol–water partition coefficient (Wildman–Crippen LogP) is 3.25. The van der Waals surface area contributed by atoms with Gasteiger partial charge in [-0.1, -0.05) is 0 Å². The van der Waals surface area contributed by atoms with E-state index in [1.807, 2.05) is 32.9 Å². The van der Waals surface area contributed by atoms with Crippen molar-refractivity contribution >= 4 is 6.09 Å². The maximum atomic E-state index is 12.1. The third kappa shape index (κ3) is 5.64. The fourth-order valence-corrected chi connectivity index (χ4v) is 2.52. The molecule has 0 unspecified atom stereocenters. The van der Waals surface area contributed by atoms with Crippen LogP contribution in [-0.2, 0) is 16.1 Å². The maximum Gasteiger partial charge on any atom is 0.410 e. The van der Waals surface area contributed by atoms with Crippen LogP contribution in [0.25, 0.3) is 0 Å². The average Bonchev–Trinajstić information content (AvgIpc) is 2.47. The lowest BCUT2D eigenvalue weighted by molar-refractivity contribution is 0.00592. The van der Waals surface area contributed by atoms with E-state index in [2.05, 4.69) is 4.98 Å². The van der Waals surface area contributed by atoms with Crippen LogP contribution in [0.5, 0.6) is 0 Å². The molecule has 1 aliphatic rings. The molecule has 1 aliphatic heterocycles. The highest BCUT2D eigenvalue weighted by Gasteiger charge is 2.27. The number of rotatable bonds is 4. The second-order valence-corrected chi connectivity index (χ2v) is 6.81. The van der Waals surface area contributed by atoms with Crippen molar-refractivity contribution in [1.82, 2.24) is 9.88 Å². The SMILES string of the molecule is CC(C)(C)OC(=O)N1CCC[C@@H](COCc2ccncc2)C1. The Kier molecular flexibility index (Phi) is 5.77. The minimum atomic E-state index is -0.443. The van der Waals surface area contributed by atoms with Crippen LogP contribution in [0, 0.1) is 5.92 Å². The van der Waals surface area contributed by atoms with Crippen molar-refractivity contribution in [3.63, 3.8) is 0 Å². The van der Waals surface area contributed by atoms with Crippen LogP contribution in [-0.4, -0.2) is 41.3 Å². The molecule has 0 N–H and O–H groups in total. The van der Waals surface area contributed by atoms with Crippen molar-refractivity contribution in [3.05, 3.63) is 30.1 Å². The van der Waals surface area contributed by atoms with Crippen LogP contribution >= 0.6 is 0 Å². The minimum absolute atomic E-state index is 0.216. The van der Waals surface area contributed by atoms with E-state index in [9.17, 15) is 4.79 Å². The van der Waals surface area contributed by atoms with E-state index in [4.69, 9.17) is 9.47 Å². The summed E-state index contributed by atoms with van der Waals surface area (Å²) < 4.78 is 11.2. The van der Waals surface area contributed by atoms with Gasteiger partial charge in [0.1, 0.15) is 5.60 Å². The number of pyridine rings is 1. The average molecular weight is 306 g/mol. The van der Waals surface area contributed by atoms with Crippen LogP contribution in [0.3, 0.4) is 0 Å². The summed E-state index contributed by atoms with van der Waals surface area (Å²) in [6.07, 6.45) is 5.41. The van der Waals surface area contributed by atoms with Crippen LogP contribution in [0.2, 0.25) is 0 Å². The van der Waals surface area contributed by atoms with Crippen molar-refractivity contribution in [1.29, 1.82) is 0 Å². The zero-order valence-electron chi connectivity index (χ0n) is 13.7. The fraction of sp³-hybridized carbons (Fsp3) is 0.647. The number of hydrogen-bond acceptors (Lipinski definition) is 4. The Labute approximate surface area is 132 Å². The number of aromatic nitrogens is 1. The van der Waals surface area contributed by atoms with Crippen LogP contribution < -0.4 is 0 Å². The number of ether oxygens (including phenoxy) is 2. The standard InChI is InChI=1S/C17H26N2O3/c1-17(2,3)22-16(20)19-10-4-5-15(11-19)13-21-12-14-6-8-18-9-7-14/h6-9,15H,4-5,10-13H2,1-3H3/t15-/m1/s1. The summed E-state index contributed by atoms with van der Waals surface area (Å²) in [5.74, 6) is 0.378. The Morgan fingerprint density at radius 2 is 2.09 bits per heavy atom. The van der Waals surface area contributed by atoms with Gasteiger partial charge in [-0.2, -0.15) is 0 Å². The molecule has 1 saturated heterocycles. The molecular formula is C17H26N2O3. The van der Waals surface area contributed by atoms with Gasteiger partial charge in [0.25, 0.3) is 0 Å². The topological polar surface area (TPSA) is 51.7 Å². The molecule has 122 valence electrons. The zero-order chi connectivity index (χ0) is 16.0. The van der Waals surface area contributed by atoms with E-state index in [-0.39, 0.29) is 6.09 Å². The molecule has 0 radical (unpaired) electrons. The third-order valence-electron chi connectivity index (χ3n) is 3.54. The Morgan fingerprint density at radius 1 is 1.36 bits per heavy atom. The molecule has 1 amide bonds. The van der Waals surface area contributed by atoms with Gasteiger partial charge in [0.15, 0.2) is 0 Å². The Hall–Kier alpha value is -1.62. The molecule has 5 nitrogen and oxygen atoms in total. The number of carbonyl (C=O) groups is 1. The molecule has 0 aromatic carbocycles. The van der Waals surface area contributed by atoms with E-state index < -0.39 is 5.60 Å². The Bertz CT molecular complexity index is 471. The van der Waals surface area contributed by atoms with Gasteiger partial charge in [0.05, 0.1) is 13.2 Å². The van der Waals surface area contributed by atoms with Crippen molar-refractivity contribution in [2.45, 2.75) is 45.8 Å². The van der Waals surface area contributed by atoms with Gasteiger partial charge in [-0.05, 0) is 51.3 Å². The monoisotopic (exact) mass is 306 g/mol. The second kappa shape index (κ2) is 7.58. The van der Waals surface area contributed by atoms with Crippen LogP contribution in [0.4, 0.5) is 4.79 Å². The van der Waals surface area contributed by atoms with E-state index in [0.717, 1.165) is 24.9 Å². The van der Waals surface area contributed by atoms with Crippen molar-refractivity contribution in [2.24, 2.45) is 5.92 Å². The summed E-state index contributed by atoms with van der Waals surface area (Å²) in [4.78, 5) is 17.9. The molecule has 2 heterocycles. The molecule has 1 aromatic rings. The van der Waals surface area contributed by atoms with Crippen LogP contribution in [0.1, 0.15) is 39.2 Å². The molecular weight excluding hydrogens is 280 g/mol. The Morgan fingerprint density at radius 3 is 2.77 bits per heavy atom. The van der Waals surface area contributed by atoms with Gasteiger partial charge < -0.3 is 14.4 Å². The molecule has 0 bridgehead atoms. The van der Waals surface area contributed by atoms with Gasteiger partial charge in [-0.25, -0.2) is 4.79 Å². The van der Waals surface area contributed by atoms with Gasteiger partial charge >= 0.3 is 6.09 Å². The zero-order valence-corrected chi connectivity index (χ0v) is 13.7. The van der Waals surface area contributed by atoms with E-state index in [0.29, 0.717) is 25.7 Å². The molecule has 1 atom stereocenters. The molecule has 2 rings (SSSR count). The number of hydrogen-bond donors (Lipinski definition) is 0. The highest BCUT2D eigenvalue weighted by atomic mass is 16.6. The lowest BCUT2D eigenvalue weighted by atomic mass is 9.99. The number of piperidine rings is 1. The first kappa shape index (κ1) is 16.7. The summed E-state index contributed by atoms with van der Waals surface area (Å²) in [7, 11) is 0. The largest absolute Gasteiger partial charge is 0.444 e. The molecule has 0 aliphatic carbocycles. The lowest BCUT2D eigenvalue weighted by Crippen LogP contribution is -2.43.